The molecule has 204 valence electrons. The first-order valence-electron chi connectivity index (χ1n) is 12.7. The van der Waals surface area contributed by atoms with Crippen LogP contribution in [0.5, 0.6) is 0 Å². The maximum Gasteiger partial charge on any atom is 0.475 e. The molecule has 8 atom stereocenters. The first-order valence-corrected chi connectivity index (χ1v) is 14.2. The molecule has 4 aliphatic rings. The molecule has 0 radical (unpaired) electrons. The zero-order valence-corrected chi connectivity index (χ0v) is 22.7. The van der Waals surface area contributed by atoms with Crippen molar-refractivity contribution in [2.45, 2.75) is 88.4 Å². The maximum absolute atomic E-state index is 13.6. The van der Waals surface area contributed by atoms with Crippen molar-refractivity contribution in [1.82, 2.24) is 14.6 Å². The van der Waals surface area contributed by atoms with E-state index in [0.29, 0.717) is 24.1 Å². The van der Waals surface area contributed by atoms with Crippen molar-refractivity contribution < 1.29 is 32.3 Å². The van der Waals surface area contributed by atoms with E-state index in [1.807, 2.05) is 13.8 Å². The summed E-state index contributed by atoms with van der Waals surface area (Å²) in [6.45, 7) is 11.3. The fraction of sp³-hybridized carbons (Fsp3) is 0.640. The van der Waals surface area contributed by atoms with E-state index >= 15 is 0 Å². The van der Waals surface area contributed by atoms with Crippen molar-refractivity contribution in [3.05, 3.63) is 36.3 Å². The van der Waals surface area contributed by atoms with Gasteiger partial charge in [-0.3, -0.25) is 13.6 Å². The van der Waals surface area contributed by atoms with E-state index in [1.165, 1.54) is 10.8 Å². The van der Waals surface area contributed by atoms with E-state index in [-0.39, 0.29) is 24.4 Å². The zero-order valence-electron chi connectivity index (χ0n) is 21.8. The van der Waals surface area contributed by atoms with Crippen LogP contribution in [0, 0.1) is 17.2 Å². The highest BCUT2D eigenvalue weighted by Crippen LogP contribution is 2.65. The summed E-state index contributed by atoms with van der Waals surface area (Å²) in [4.78, 5) is 4.01. The molecule has 5 heterocycles. The molecule has 3 saturated heterocycles. The van der Waals surface area contributed by atoms with Gasteiger partial charge in [0, 0.05) is 0 Å². The minimum atomic E-state index is -3.91. The third-order valence-electron chi connectivity index (χ3n) is 8.10. The number of aromatic nitrogens is 3. The first-order chi connectivity index (χ1) is 17.9. The van der Waals surface area contributed by atoms with Crippen molar-refractivity contribution in [2.75, 3.05) is 12.3 Å². The SMILES string of the molecule is C=C(C)[C@H]1CC[C@@]2(C)O[P@@](=O)(OC[C@H]3O[C@@](C#N)(c4ccc5c(N)ncnn45)[C@@H]4OC(C)(C)O[C@@H]43)O[C@@H]2C1. The summed E-state index contributed by atoms with van der Waals surface area (Å²) >= 11 is 0. The van der Waals surface area contributed by atoms with Gasteiger partial charge in [-0.25, -0.2) is 14.1 Å². The fourth-order valence-corrected chi connectivity index (χ4v) is 7.90. The Balaban J connectivity index is 1.27. The molecule has 0 unspecified atom stereocenters. The van der Waals surface area contributed by atoms with Crippen LogP contribution in [0.3, 0.4) is 0 Å². The Labute approximate surface area is 220 Å². The molecule has 1 aliphatic carbocycles. The largest absolute Gasteiger partial charge is 0.475 e. The minimum absolute atomic E-state index is 0.200. The molecule has 38 heavy (non-hydrogen) atoms. The van der Waals surface area contributed by atoms with Crippen LogP contribution in [-0.4, -0.2) is 57.0 Å². The smallest absolute Gasteiger partial charge is 0.382 e. The summed E-state index contributed by atoms with van der Waals surface area (Å²) in [7, 11) is -3.91. The first kappa shape index (κ1) is 25.9. The van der Waals surface area contributed by atoms with E-state index in [2.05, 4.69) is 22.7 Å². The summed E-state index contributed by atoms with van der Waals surface area (Å²) in [5, 5.41) is 14.8. The molecule has 13 heteroatoms. The van der Waals surface area contributed by atoms with Gasteiger partial charge in [0.15, 0.2) is 11.6 Å². The molecule has 4 fully saturated rings. The van der Waals surface area contributed by atoms with Gasteiger partial charge in [0.1, 0.15) is 41.8 Å². The molecule has 6 rings (SSSR count). The molecular weight excluding hydrogens is 513 g/mol. The van der Waals surface area contributed by atoms with Crippen LogP contribution >= 0.6 is 7.82 Å². The highest BCUT2D eigenvalue weighted by molar-refractivity contribution is 7.48. The Morgan fingerprint density at radius 1 is 1.34 bits per heavy atom. The van der Waals surface area contributed by atoms with Gasteiger partial charge in [-0.2, -0.15) is 10.4 Å². The van der Waals surface area contributed by atoms with E-state index in [0.717, 1.165) is 12.0 Å². The van der Waals surface area contributed by atoms with Crippen LogP contribution in [0.25, 0.3) is 5.52 Å². The molecule has 0 bridgehead atoms. The average Bonchev–Trinajstić information content (AvgIpc) is 3.56. The second-order valence-corrected chi connectivity index (χ2v) is 12.8. The van der Waals surface area contributed by atoms with Crippen LogP contribution < -0.4 is 5.73 Å². The Morgan fingerprint density at radius 3 is 2.87 bits per heavy atom. The van der Waals surface area contributed by atoms with E-state index < -0.39 is 43.1 Å². The van der Waals surface area contributed by atoms with Crippen LogP contribution in [0.1, 0.15) is 52.7 Å². The second-order valence-electron chi connectivity index (χ2n) is 11.2. The van der Waals surface area contributed by atoms with Crippen LogP contribution in [0.15, 0.2) is 30.6 Å². The van der Waals surface area contributed by atoms with E-state index in [4.69, 9.17) is 33.5 Å². The number of anilines is 1. The lowest BCUT2D eigenvalue weighted by atomic mass is 9.75. The number of hydrogen-bond donors (Lipinski definition) is 1. The predicted octanol–water partition coefficient (Wildman–Crippen LogP) is 3.62. The Hall–Kier alpha value is -2.36. The number of nitrogens with two attached hydrogens (primary N) is 1. The number of nitrogen functional groups attached to an aromatic ring is 1. The van der Waals surface area contributed by atoms with Gasteiger partial charge >= 0.3 is 7.82 Å². The van der Waals surface area contributed by atoms with Crippen molar-refractivity contribution in [3.8, 4) is 6.07 Å². The maximum atomic E-state index is 13.6. The van der Waals surface area contributed by atoms with Crippen molar-refractivity contribution in [3.63, 3.8) is 0 Å². The number of nitrogens with zero attached hydrogens (tertiary/aromatic N) is 4. The van der Waals surface area contributed by atoms with Crippen molar-refractivity contribution in [2.24, 2.45) is 5.92 Å². The molecule has 2 N–H and O–H groups in total. The molecule has 3 aliphatic heterocycles. The standard InChI is InChI=1S/C25H32N5O7P/c1-14(2)15-8-9-24(5)19(10-15)36-38(31,37-24)32-11-17-20-21(35-23(3,4)34-20)25(12-26,33-17)18-7-6-16-22(27)28-13-29-30(16)18/h6-7,13,15,17,19-21H,1,8-11H2,2-5H3,(H2,27,28,29)/t15-,17+,19+,20+,21+,24+,25-,38-/m0/s1. The average molecular weight is 546 g/mol. The van der Waals surface area contributed by atoms with Gasteiger partial charge in [0.25, 0.3) is 0 Å². The Morgan fingerprint density at radius 2 is 2.13 bits per heavy atom. The van der Waals surface area contributed by atoms with Gasteiger partial charge in [0.05, 0.1) is 18.4 Å². The van der Waals surface area contributed by atoms with Gasteiger partial charge in [-0.05, 0) is 65.0 Å². The minimum Gasteiger partial charge on any atom is -0.382 e. The van der Waals surface area contributed by atoms with Crippen molar-refractivity contribution in [1.29, 1.82) is 5.26 Å². The lowest BCUT2D eigenvalue weighted by Gasteiger charge is -2.36. The van der Waals surface area contributed by atoms with Crippen LogP contribution in [-0.2, 0) is 37.9 Å². The number of fused-ring (bicyclic) bond motifs is 3. The molecule has 0 spiro atoms. The lowest BCUT2D eigenvalue weighted by Crippen LogP contribution is -2.42. The van der Waals surface area contributed by atoms with Gasteiger partial charge in [-0.15, -0.1) is 0 Å². The third kappa shape index (κ3) is 3.92. The number of phosphoric ester groups is 1. The molecule has 1 saturated carbocycles. The van der Waals surface area contributed by atoms with Gasteiger partial charge in [0.2, 0.25) is 5.60 Å². The number of phosphoric acid groups is 1. The van der Waals surface area contributed by atoms with E-state index in [1.54, 1.807) is 26.0 Å². The van der Waals surface area contributed by atoms with Crippen molar-refractivity contribution >= 4 is 19.2 Å². The van der Waals surface area contributed by atoms with Crippen LogP contribution in [0.4, 0.5) is 5.82 Å². The topological polar surface area (TPSA) is 152 Å². The molecule has 2 aromatic rings. The fourth-order valence-electron chi connectivity index (χ4n) is 6.07. The number of nitriles is 1. The number of allylic oxidation sites excluding steroid dienone is 1. The number of rotatable bonds is 5. The summed E-state index contributed by atoms with van der Waals surface area (Å²) < 4.78 is 51.5. The highest BCUT2D eigenvalue weighted by atomic mass is 31.2. The molecule has 12 nitrogen and oxygen atoms in total. The zero-order chi connectivity index (χ0) is 27.1. The second kappa shape index (κ2) is 8.57. The molecule has 0 aromatic carbocycles. The quantitative estimate of drug-likeness (QED) is 0.433. The Kier molecular flexibility index (Phi) is 5.84. The van der Waals surface area contributed by atoms with E-state index in [9.17, 15) is 9.83 Å². The van der Waals surface area contributed by atoms with Crippen LogP contribution in [0.2, 0.25) is 0 Å². The number of hydrogen-bond acceptors (Lipinski definition) is 11. The predicted molar refractivity (Wildman–Crippen MR) is 133 cm³/mol. The highest BCUT2D eigenvalue weighted by Gasteiger charge is 2.66. The summed E-state index contributed by atoms with van der Waals surface area (Å²) in [5.74, 6) is -0.458. The monoisotopic (exact) mass is 545 g/mol. The summed E-state index contributed by atoms with van der Waals surface area (Å²) in [5.41, 5.74) is 5.70. The lowest BCUT2D eigenvalue weighted by molar-refractivity contribution is -0.204. The molecule has 2 aromatic heterocycles. The molecule has 0 amide bonds. The Bertz CT molecular complexity index is 1390. The van der Waals surface area contributed by atoms with Gasteiger partial charge < -0.3 is 19.9 Å². The number of ether oxygens (including phenoxy) is 3. The third-order valence-corrected chi connectivity index (χ3v) is 9.72. The van der Waals surface area contributed by atoms with Gasteiger partial charge in [-0.1, -0.05) is 12.2 Å². The summed E-state index contributed by atoms with van der Waals surface area (Å²) in [6, 6.07) is 5.70. The normalized spacial score (nSPS) is 41.6. The summed E-state index contributed by atoms with van der Waals surface area (Å²) in [6.07, 6.45) is 0.817. The molecular formula is C25H32N5O7P.